The molecule has 1 fully saturated rings. The molecule has 0 aromatic heterocycles. The fourth-order valence-corrected chi connectivity index (χ4v) is 2.91. The Labute approximate surface area is 122 Å². The van der Waals surface area contributed by atoms with E-state index in [9.17, 15) is 14.4 Å². The van der Waals surface area contributed by atoms with Gasteiger partial charge in [-0.25, -0.2) is 4.79 Å². The van der Waals surface area contributed by atoms with Crippen LogP contribution in [-0.4, -0.2) is 41.0 Å². The largest absolute Gasteiger partial charge is 0.352 e. The van der Waals surface area contributed by atoms with Gasteiger partial charge in [0.05, 0.1) is 11.6 Å². The third-order valence-electron chi connectivity index (χ3n) is 4.01. The van der Waals surface area contributed by atoms with Crippen molar-refractivity contribution in [2.45, 2.75) is 31.7 Å². The van der Waals surface area contributed by atoms with Crippen molar-refractivity contribution in [2.75, 3.05) is 6.54 Å². The highest BCUT2D eigenvalue weighted by atomic mass is 16.2. The molecule has 110 valence electrons. The Morgan fingerprint density at radius 3 is 2.81 bits per heavy atom. The highest BCUT2D eigenvalue weighted by molar-refractivity contribution is 6.22. The number of amides is 4. The minimum Gasteiger partial charge on any atom is -0.352 e. The molecule has 0 saturated heterocycles. The zero-order valence-corrected chi connectivity index (χ0v) is 11.6. The summed E-state index contributed by atoms with van der Waals surface area (Å²) in [4.78, 5) is 41.0. The van der Waals surface area contributed by atoms with Crippen LogP contribution >= 0.6 is 0 Å². The lowest BCUT2D eigenvalue weighted by Crippen LogP contribution is -2.50. The van der Waals surface area contributed by atoms with Crippen LogP contribution in [0.25, 0.3) is 0 Å². The van der Waals surface area contributed by atoms with E-state index in [0.717, 1.165) is 30.6 Å². The van der Waals surface area contributed by atoms with Crippen LogP contribution in [-0.2, 0) is 9.59 Å². The van der Waals surface area contributed by atoms with Crippen LogP contribution in [0.15, 0.2) is 29.3 Å². The number of nitrogens with one attached hydrogen (secondary N) is 1. The van der Waals surface area contributed by atoms with Gasteiger partial charge in [0.25, 0.3) is 0 Å². The molecule has 6 heteroatoms. The predicted octanol–water partition coefficient (Wildman–Crippen LogP) is 1.19. The van der Waals surface area contributed by atoms with Crippen molar-refractivity contribution in [3.8, 4) is 0 Å². The molecule has 1 unspecified atom stereocenters. The van der Waals surface area contributed by atoms with Crippen LogP contribution in [0, 0.1) is 5.92 Å². The van der Waals surface area contributed by atoms with Gasteiger partial charge >= 0.3 is 6.03 Å². The quantitative estimate of drug-likeness (QED) is 0.847. The maximum atomic E-state index is 12.3. The third-order valence-corrected chi connectivity index (χ3v) is 4.01. The predicted molar refractivity (Wildman–Crippen MR) is 76.7 cm³/mol. The fraction of sp³-hybridized carbons (Fsp3) is 0.467. The Bertz CT molecular complexity index is 571. The summed E-state index contributed by atoms with van der Waals surface area (Å²) in [6.07, 6.45) is 11.0. The monoisotopic (exact) mass is 287 g/mol. The lowest BCUT2D eigenvalue weighted by Gasteiger charge is -2.28. The third kappa shape index (κ3) is 2.79. The Morgan fingerprint density at radius 2 is 2.05 bits per heavy atom. The molecule has 3 aliphatic rings. The average molecular weight is 287 g/mol. The Balaban J connectivity index is 1.67. The van der Waals surface area contributed by atoms with E-state index in [2.05, 4.69) is 10.3 Å². The van der Waals surface area contributed by atoms with E-state index in [1.54, 1.807) is 24.3 Å². The fourth-order valence-electron chi connectivity index (χ4n) is 2.91. The van der Waals surface area contributed by atoms with E-state index in [0.29, 0.717) is 5.71 Å². The molecule has 0 radical (unpaired) electrons. The van der Waals surface area contributed by atoms with Gasteiger partial charge in [0, 0.05) is 6.04 Å². The van der Waals surface area contributed by atoms with Crippen LogP contribution in [0.5, 0.6) is 0 Å². The van der Waals surface area contributed by atoms with Gasteiger partial charge in [-0.2, -0.15) is 4.99 Å². The van der Waals surface area contributed by atoms with Crippen molar-refractivity contribution in [2.24, 2.45) is 10.9 Å². The zero-order chi connectivity index (χ0) is 14.8. The molecular weight excluding hydrogens is 270 g/mol. The van der Waals surface area contributed by atoms with Gasteiger partial charge in [-0.3, -0.25) is 14.5 Å². The molecule has 3 rings (SSSR count). The Hall–Kier alpha value is -2.24. The number of allylic oxidation sites excluding steroid dienone is 3. The molecule has 1 heterocycles. The molecular formula is C15H17N3O3. The van der Waals surface area contributed by atoms with Crippen molar-refractivity contribution in [3.63, 3.8) is 0 Å². The summed E-state index contributed by atoms with van der Waals surface area (Å²) in [7, 11) is 0. The molecule has 21 heavy (non-hydrogen) atoms. The van der Waals surface area contributed by atoms with Crippen LogP contribution < -0.4 is 5.32 Å². The van der Waals surface area contributed by atoms with Gasteiger partial charge in [0.2, 0.25) is 11.8 Å². The first kappa shape index (κ1) is 13.7. The first-order valence-electron chi connectivity index (χ1n) is 7.23. The summed E-state index contributed by atoms with van der Waals surface area (Å²) >= 11 is 0. The molecule has 1 saturated carbocycles. The summed E-state index contributed by atoms with van der Waals surface area (Å²) in [6, 6.07) is -0.489. The minimum atomic E-state index is -0.659. The number of nitrogens with zero attached hydrogens (tertiary/aromatic N) is 2. The summed E-state index contributed by atoms with van der Waals surface area (Å²) in [6.45, 7) is -0.251. The minimum absolute atomic E-state index is 0.170. The Morgan fingerprint density at radius 1 is 1.29 bits per heavy atom. The Kier molecular flexibility index (Phi) is 3.68. The highest BCUT2D eigenvalue weighted by Gasteiger charge is 2.36. The molecule has 0 aromatic rings. The average Bonchev–Trinajstić information content (AvgIpc) is 2.96. The highest BCUT2D eigenvalue weighted by Crippen LogP contribution is 2.20. The first-order chi connectivity index (χ1) is 10.1. The molecule has 6 nitrogen and oxygen atoms in total. The van der Waals surface area contributed by atoms with Crippen molar-refractivity contribution < 1.29 is 14.4 Å². The van der Waals surface area contributed by atoms with Gasteiger partial charge in [-0.1, -0.05) is 31.1 Å². The van der Waals surface area contributed by atoms with Crippen LogP contribution in [0.2, 0.25) is 0 Å². The van der Waals surface area contributed by atoms with Gasteiger partial charge in [-0.15, -0.1) is 0 Å². The first-order valence-corrected chi connectivity index (χ1v) is 7.23. The van der Waals surface area contributed by atoms with Gasteiger partial charge in [0.15, 0.2) is 0 Å². The second-order valence-electron chi connectivity index (χ2n) is 5.51. The molecule has 1 atom stereocenters. The number of fused-ring (bicyclic) bond motifs is 1. The van der Waals surface area contributed by atoms with Crippen molar-refractivity contribution in [3.05, 3.63) is 24.3 Å². The van der Waals surface area contributed by atoms with E-state index in [4.69, 9.17) is 0 Å². The summed E-state index contributed by atoms with van der Waals surface area (Å²) < 4.78 is 0. The van der Waals surface area contributed by atoms with E-state index >= 15 is 0 Å². The van der Waals surface area contributed by atoms with Crippen molar-refractivity contribution >= 4 is 23.6 Å². The lowest BCUT2D eigenvalue weighted by molar-refractivity contribution is -0.134. The summed E-state index contributed by atoms with van der Waals surface area (Å²) in [5.41, 5.74) is 0.444. The van der Waals surface area contributed by atoms with Crippen LogP contribution in [0.3, 0.4) is 0 Å². The molecule has 0 aromatic carbocycles. The van der Waals surface area contributed by atoms with Gasteiger partial charge in [0.1, 0.15) is 6.54 Å². The molecule has 0 bridgehead atoms. The number of aliphatic imine (C=N–C) groups is 1. The number of hydrogen-bond acceptors (Lipinski definition) is 3. The number of hydrogen-bond donors (Lipinski definition) is 1. The second-order valence-corrected chi connectivity index (χ2v) is 5.51. The number of carbonyl (C=O) groups is 3. The smallest absolute Gasteiger partial charge is 0.351 e. The molecule has 2 aliphatic carbocycles. The van der Waals surface area contributed by atoms with Crippen LogP contribution in [0.1, 0.15) is 25.7 Å². The maximum Gasteiger partial charge on any atom is 0.351 e. The summed E-state index contributed by atoms with van der Waals surface area (Å²) in [5.74, 6) is -1.23. The molecule has 1 N–H and O–H groups in total. The normalized spacial score (nSPS) is 25.0. The molecule has 1 aliphatic heterocycles. The van der Waals surface area contributed by atoms with Crippen LogP contribution in [0.4, 0.5) is 4.79 Å². The van der Waals surface area contributed by atoms with Crippen molar-refractivity contribution in [1.82, 2.24) is 10.2 Å². The SMILES string of the molecule is O=C(CN1C(=O)N=C2C=CC=CC2C1=O)NC1CCCC1. The zero-order valence-electron chi connectivity index (χ0n) is 11.6. The van der Waals surface area contributed by atoms with E-state index < -0.39 is 11.9 Å². The lowest BCUT2D eigenvalue weighted by atomic mass is 9.95. The topological polar surface area (TPSA) is 78.8 Å². The number of imide groups is 1. The standard InChI is InChI=1S/C15H17N3O3/c19-13(16-10-5-1-2-6-10)9-18-14(20)11-7-3-4-8-12(11)17-15(18)21/h3-4,7-8,10-11H,1-2,5-6,9H2,(H,16,19). The molecule has 0 spiro atoms. The number of rotatable bonds is 3. The van der Waals surface area contributed by atoms with Crippen molar-refractivity contribution in [1.29, 1.82) is 0 Å². The number of carbonyl (C=O) groups excluding carboxylic acids is 3. The maximum absolute atomic E-state index is 12.3. The number of urea groups is 1. The molecule has 4 amide bonds. The summed E-state index contributed by atoms with van der Waals surface area (Å²) in [5, 5.41) is 2.87. The van der Waals surface area contributed by atoms with Gasteiger partial charge < -0.3 is 5.32 Å². The van der Waals surface area contributed by atoms with E-state index in [-0.39, 0.29) is 24.4 Å². The van der Waals surface area contributed by atoms with Gasteiger partial charge in [-0.05, 0) is 18.9 Å². The second kappa shape index (κ2) is 5.63. The van der Waals surface area contributed by atoms with E-state index in [1.165, 1.54) is 0 Å². The van der Waals surface area contributed by atoms with E-state index in [1.807, 2.05) is 0 Å².